The van der Waals surface area contributed by atoms with Gasteiger partial charge in [0.05, 0.1) is 26.2 Å². The molecule has 0 unspecified atom stereocenters. The van der Waals surface area contributed by atoms with Crippen molar-refractivity contribution in [3.05, 3.63) is 0 Å². The number of nitrogens with zero attached hydrogens (tertiary/aromatic N) is 5. The minimum Gasteiger partial charge on any atom is -0.454 e. The zero-order valence-corrected chi connectivity index (χ0v) is 13.4. The number of hydrogen-bond acceptors (Lipinski definition) is 6. The van der Waals surface area contributed by atoms with Crippen LogP contribution >= 0.6 is 0 Å². The van der Waals surface area contributed by atoms with Crippen molar-refractivity contribution in [2.75, 3.05) is 55.7 Å². The minimum absolute atomic E-state index is 0.257. The highest BCUT2D eigenvalue weighted by Crippen LogP contribution is 2.22. The molecule has 1 aromatic heterocycles. The molecule has 2 N–H and O–H groups in total. The first kappa shape index (κ1) is 17.0. The van der Waals surface area contributed by atoms with Gasteiger partial charge in [-0.1, -0.05) is 0 Å². The Hall–Kier alpha value is -1.84. The molecule has 2 aliphatic heterocycles. The topological polar surface area (TPSA) is 71.0 Å². The van der Waals surface area contributed by atoms with E-state index in [2.05, 4.69) is 20.3 Å². The van der Waals surface area contributed by atoms with Gasteiger partial charge in [-0.05, 0) is 19.3 Å². The second kappa shape index (κ2) is 7.37. The summed E-state index contributed by atoms with van der Waals surface area (Å²) >= 11 is 0. The minimum atomic E-state index is -4.42. The van der Waals surface area contributed by atoms with Crippen molar-refractivity contribution in [1.82, 2.24) is 15.0 Å². The molecule has 1 aromatic rings. The molecule has 0 aliphatic carbocycles. The van der Waals surface area contributed by atoms with Crippen molar-refractivity contribution in [3.8, 4) is 6.01 Å². The Bertz CT molecular complexity index is 508. The number of quaternary nitrogens is 1. The SMILES string of the molecule is FC(F)(F)COc1nc(N2CCCCC2)nc(N2CC[NH2+]CC2)n1. The molecule has 2 saturated heterocycles. The zero-order chi connectivity index (χ0) is 17.0. The third-order valence-corrected chi connectivity index (χ3v) is 4.08. The van der Waals surface area contributed by atoms with E-state index in [4.69, 9.17) is 4.74 Å². The number of ether oxygens (including phenoxy) is 1. The normalized spacial score (nSPS) is 19.5. The number of rotatable bonds is 4. The lowest BCUT2D eigenvalue weighted by molar-refractivity contribution is -0.655. The van der Waals surface area contributed by atoms with Crippen LogP contribution < -0.4 is 19.9 Å². The number of piperazine rings is 1. The lowest BCUT2D eigenvalue weighted by Gasteiger charge is -2.29. The molecule has 0 amide bonds. The summed E-state index contributed by atoms with van der Waals surface area (Å²) in [7, 11) is 0. The number of hydrogen-bond donors (Lipinski definition) is 1. The summed E-state index contributed by atoms with van der Waals surface area (Å²) in [5.41, 5.74) is 0. The van der Waals surface area contributed by atoms with E-state index in [-0.39, 0.29) is 6.01 Å². The number of aromatic nitrogens is 3. The highest BCUT2D eigenvalue weighted by Gasteiger charge is 2.30. The van der Waals surface area contributed by atoms with Crippen LogP contribution in [0.3, 0.4) is 0 Å². The Morgan fingerprint density at radius 3 is 2.04 bits per heavy atom. The molecule has 0 aromatic carbocycles. The van der Waals surface area contributed by atoms with Gasteiger partial charge in [-0.15, -0.1) is 0 Å². The van der Waals surface area contributed by atoms with Gasteiger partial charge in [-0.25, -0.2) is 0 Å². The van der Waals surface area contributed by atoms with E-state index >= 15 is 0 Å². The fourth-order valence-electron chi connectivity index (χ4n) is 2.87. The van der Waals surface area contributed by atoms with E-state index in [1.165, 1.54) is 0 Å². The quantitative estimate of drug-likeness (QED) is 0.838. The standard InChI is InChI=1S/C14H21F3N6O/c15-14(16,17)10-24-13-20-11(22-6-2-1-3-7-22)19-12(21-13)23-8-4-18-5-9-23/h18H,1-10H2/p+1. The van der Waals surface area contributed by atoms with Crippen LogP contribution in [0.2, 0.25) is 0 Å². The fraction of sp³-hybridized carbons (Fsp3) is 0.786. The number of alkyl halides is 3. The third-order valence-electron chi connectivity index (χ3n) is 4.08. The number of halogens is 3. The molecule has 3 rings (SSSR count). The average molecular weight is 347 g/mol. The van der Waals surface area contributed by atoms with Crippen LogP contribution in [0.25, 0.3) is 0 Å². The second-order valence-electron chi connectivity index (χ2n) is 6.02. The van der Waals surface area contributed by atoms with Gasteiger partial charge < -0.3 is 19.9 Å². The molecule has 2 fully saturated rings. The van der Waals surface area contributed by atoms with Crippen LogP contribution in [-0.2, 0) is 0 Å². The summed E-state index contributed by atoms with van der Waals surface area (Å²) in [6.07, 6.45) is -1.22. The maximum Gasteiger partial charge on any atom is 0.422 e. The van der Waals surface area contributed by atoms with Gasteiger partial charge in [-0.2, -0.15) is 28.1 Å². The maximum atomic E-state index is 12.4. The first-order valence-corrected chi connectivity index (χ1v) is 8.28. The summed E-state index contributed by atoms with van der Waals surface area (Å²) in [6, 6.07) is -0.257. The summed E-state index contributed by atoms with van der Waals surface area (Å²) in [6.45, 7) is 3.52. The molecule has 24 heavy (non-hydrogen) atoms. The van der Waals surface area contributed by atoms with Crippen molar-refractivity contribution in [2.24, 2.45) is 0 Å². The molecule has 0 bridgehead atoms. The molecule has 0 radical (unpaired) electrons. The maximum absolute atomic E-state index is 12.4. The predicted octanol–water partition coefficient (Wildman–Crippen LogP) is 0.186. The van der Waals surface area contributed by atoms with E-state index in [1.54, 1.807) is 0 Å². The molecule has 10 heteroatoms. The van der Waals surface area contributed by atoms with Gasteiger partial charge >= 0.3 is 12.2 Å². The second-order valence-corrected chi connectivity index (χ2v) is 6.02. The molecule has 134 valence electrons. The Morgan fingerprint density at radius 2 is 1.46 bits per heavy atom. The summed E-state index contributed by atoms with van der Waals surface area (Å²) < 4.78 is 42.1. The van der Waals surface area contributed by atoms with Crippen LogP contribution in [0, 0.1) is 0 Å². The van der Waals surface area contributed by atoms with Crippen molar-refractivity contribution in [1.29, 1.82) is 0 Å². The Kier molecular flexibility index (Phi) is 5.22. The van der Waals surface area contributed by atoms with Crippen LogP contribution in [0.4, 0.5) is 25.1 Å². The van der Waals surface area contributed by atoms with E-state index in [0.717, 1.165) is 58.5 Å². The number of piperidine rings is 1. The van der Waals surface area contributed by atoms with Crippen LogP contribution in [0.5, 0.6) is 6.01 Å². The molecule has 0 atom stereocenters. The van der Waals surface area contributed by atoms with Crippen LogP contribution in [0.1, 0.15) is 19.3 Å². The lowest BCUT2D eigenvalue weighted by Crippen LogP contribution is -2.89. The number of anilines is 2. The Labute approximate surface area is 138 Å². The first-order valence-electron chi connectivity index (χ1n) is 8.28. The molecule has 0 spiro atoms. The van der Waals surface area contributed by atoms with Crippen molar-refractivity contribution in [3.63, 3.8) is 0 Å². The summed E-state index contributed by atoms with van der Waals surface area (Å²) in [4.78, 5) is 16.6. The van der Waals surface area contributed by atoms with Gasteiger partial charge in [0.15, 0.2) is 6.61 Å². The average Bonchev–Trinajstić information content (AvgIpc) is 2.61. The zero-order valence-electron chi connectivity index (χ0n) is 13.4. The first-order chi connectivity index (χ1) is 11.5. The lowest BCUT2D eigenvalue weighted by atomic mass is 10.1. The molecule has 0 saturated carbocycles. The van der Waals surface area contributed by atoms with Crippen molar-refractivity contribution >= 4 is 11.9 Å². The van der Waals surface area contributed by atoms with E-state index in [9.17, 15) is 13.2 Å². The van der Waals surface area contributed by atoms with Gasteiger partial charge in [-0.3, -0.25) is 0 Å². The van der Waals surface area contributed by atoms with Crippen molar-refractivity contribution < 1.29 is 23.2 Å². The van der Waals surface area contributed by atoms with Gasteiger partial charge in [0.2, 0.25) is 11.9 Å². The predicted molar refractivity (Wildman–Crippen MR) is 81.3 cm³/mol. The van der Waals surface area contributed by atoms with E-state index in [0.29, 0.717) is 11.9 Å². The largest absolute Gasteiger partial charge is 0.454 e. The molecular weight excluding hydrogens is 325 g/mol. The fourth-order valence-corrected chi connectivity index (χ4v) is 2.87. The van der Waals surface area contributed by atoms with Crippen LogP contribution in [0.15, 0.2) is 0 Å². The monoisotopic (exact) mass is 347 g/mol. The molecular formula is C14H22F3N6O+. The highest BCUT2D eigenvalue weighted by molar-refractivity contribution is 5.40. The van der Waals surface area contributed by atoms with Gasteiger partial charge in [0.25, 0.3) is 0 Å². The summed E-state index contributed by atoms with van der Waals surface area (Å²) in [5.74, 6) is 0.808. The van der Waals surface area contributed by atoms with E-state index in [1.807, 2.05) is 9.80 Å². The number of nitrogens with two attached hydrogens (primary N) is 1. The highest BCUT2D eigenvalue weighted by atomic mass is 19.4. The van der Waals surface area contributed by atoms with Gasteiger partial charge in [0.1, 0.15) is 0 Å². The molecule has 3 heterocycles. The molecule has 2 aliphatic rings. The third kappa shape index (κ3) is 4.59. The van der Waals surface area contributed by atoms with Crippen LogP contribution in [-0.4, -0.2) is 67.0 Å². The van der Waals surface area contributed by atoms with Gasteiger partial charge in [0, 0.05) is 13.1 Å². The summed E-state index contributed by atoms with van der Waals surface area (Å²) in [5, 5.41) is 2.18. The Morgan fingerprint density at radius 1 is 0.875 bits per heavy atom. The Balaban J connectivity index is 1.83. The smallest absolute Gasteiger partial charge is 0.422 e. The molecule has 7 nitrogen and oxygen atoms in total. The van der Waals surface area contributed by atoms with Crippen molar-refractivity contribution in [2.45, 2.75) is 25.4 Å². The van der Waals surface area contributed by atoms with E-state index < -0.39 is 12.8 Å².